The van der Waals surface area contributed by atoms with Gasteiger partial charge in [-0.3, -0.25) is 4.18 Å². The first-order valence-electron chi connectivity index (χ1n) is 2.82. The smallest absolute Gasteiger partial charge is 0.252 e. The van der Waals surface area contributed by atoms with Crippen LogP contribution in [-0.4, -0.2) is 34.5 Å². The molecule has 0 aromatic carbocycles. The normalized spacial score (nSPS) is 13.7. The van der Waals surface area contributed by atoms with Crippen LogP contribution in [0.4, 0.5) is 17.6 Å². The molecule has 0 aliphatic carbocycles. The lowest BCUT2D eigenvalue weighted by Gasteiger charge is -2.13. The maximum Gasteiger partial charge on any atom is 0.399 e. The molecule has 0 bridgehead atoms. The lowest BCUT2D eigenvalue weighted by atomic mass is 10.4. The summed E-state index contributed by atoms with van der Waals surface area (Å²) in [6, 6.07) is 0. The number of hydrogen-bond acceptors (Lipinski definition) is 4. The van der Waals surface area contributed by atoms with Crippen molar-refractivity contribution < 1.29 is 34.3 Å². The molecule has 0 spiro atoms. The first kappa shape index (κ1) is 12.6. The van der Waals surface area contributed by atoms with Gasteiger partial charge in [0.2, 0.25) is 0 Å². The van der Waals surface area contributed by atoms with E-state index in [0.717, 1.165) is 0 Å². The summed E-state index contributed by atoms with van der Waals surface area (Å²) in [7, 11) is -3.95. The Morgan fingerprint density at radius 2 is 1.85 bits per heavy atom. The van der Waals surface area contributed by atoms with Gasteiger partial charge < -0.3 is 0 Å². The third-order valence-electron chi connectivity index (χ3n) is 0.919. The molecule has 13 heavy (non-hydrogen) atoms. The van der Waals surface area contributed by atoms with Crippen molar-refractivity contribution in [1.82, 2.24) is 0 Å². The van der Waals surface area contributed by atoms with Crippen molar-refractivity contribution >= 4 is 10.4 Å². The van der Waals surface area contributed by atoms with Crippen LogP contribution < -0.4 is 0 Å². The van der Waals surface area contributed by atoms with Gasteiger partial charge in [-0.1, -0.05) is 0 Å². The Morgan fingerprint density at radius 1 is 1.38 bits per heavy atom. The average molecular weight is 226 g/mol. The fourth-order valence-electron chi connectivity index (χ4n) is 0.262. The number of halogens is 4. The second-order valence-electron chi connectivity index (χ2n) is 1.90. The van der Waals surface area contributed by atoms with E-state index in [1.165, 1.54) is 0 Å². The van der Waals surface area contributed by atoms with Crippen LogP contribution in [0.2, 0.25) is 0 Å². The highest BCUT2D eigenvalue weighted by Gasteiger charge is 2.42. The lowest BCUT2D eigenvalue weighted by Crippen LogP contribution is -2.33. The summed E-state index contributed by atoms with van der Waals surface area (Å²) in [5.74, 6) is -4.51. The maximum atomic E-state index is 12.0. The Balaban J connectivity index is 4.18. The van der Waals surface area contributed by atoms with Gasteiger partial charge >= 0.3 is 22.7 Å². The van der Waals surface area contributed by atoms with Crippen LogP contribution in [0.1, 0.15) is 0 Å². The Hall–Kier alpha value is -0.410. The van der Waals surface area contributed by atoms with Crippen LogP contribution in [0.15, 0.2) is 0 Å². The summed E-state index contributed by atoms with van der Waals surface area (Å²) < 4.78 is 74.4. The number of hydrogen-bond donors (Lipinski definition) is 0. The minimum absolute atomic E-state index is 0.649. The zero-order valence-electron chi connectivity index (χ0n) is 6.34. The zero-order chi connectivity index (χ0) is 10.7. The Kier molecular flexibility index (Phi) is 4.07. The molecule has 0 aromatic heterocycles. The standard InChI is InChI=1S/C4H6F4O4S/c1-11-13(9,10)12-2-4(7,8)3(5)6/h3H,2H2,1H3. The van der Waals surface area contributed by atoms with Crippen molar-refractivity contribution in [2.24, 2.45) is 0 Å². The molecule has 0 rings (SSSR count). The molecule has 0 unspecified atom stereocenters. The quantitative estimate of drug-likeness (QED) is 0.650. The summed E-state index contributed by atoms with van der Waals surface area (Å²) >= 11 is 0. The molecular weight excluding hydrogens is 220 g/mol. The van der Waals surface area contributed by atoms with Gasteiger partial charge in [0.15, 0.2) is 0 Å². The van der Waals surface area contributed by atoms with Crippen LogP contribution in [-0.2, 0) is 18.8 Å². The minimum atomic E-state index is -4.60. The van der Waals surface area contributed by atoms with Crippen LogP contribution in [0.5, 0.6) is 0 Å². The molecule has 0 heterocycles. The van der Waals surface area contributed by atoms with Crippen molar-refractivity contribution in [3.05, 3.63) is 0 Å². The van der Waals surface area contributed by atoms with E-state index in [4.69, 9.17) is 0 Å². The minimum Gasteiger partial charge on any atom is -0.252 e. The summed E-state index contributed by atoms with van der Waals surface area (Å²) in [4.78, 5) is 0. The predicted molar refractivity (Wildman–Crippen MR) is 32.8 cm³/mol. The molecule has 80 valence electrons. The molecule has 0 aliphatic heterocycles. The van der Waals surface area contributed by atoms with Crippen LogP contribution in [0.25, 0.3) is 0 Å². The van der Waals surface area contributed by atoms with Gasteiger partial charge in [0.25, 0.3) is 0 Å². The van der Waals surface area contributed by atoms with E-state index >= 15 is 0 Å². The zero-order valence-corrected chi connectivity index (χ0v) is 7.15. The van der Waals surface area contributed by atoms with E-state index in [0.29, 0.717) is 7.11 Å². The van der Waals surface area contributed by atoms with E-state index in [1.54, 1.807) is 0 Å². The Bertz CT molecular complexity index is 249. The highest BCUT2D eigenvalue weighted by atomic mass is 32.3. The van der Waals surface area contributed by atoms with E-state index in [1.807, 2.05) is 0 Å². The first-order chi connectivity index (χ1) is 5.71. The van der Waals surface area contributed by atoms with Crippen LogP contribution in [0.3, 0.4) is 0 Å². The third kappa shape index (κ3) is 4.39. The number of alkyl halides is 4. The summed E-state index contributed by atoms with van der Waals surface area (Å²) in [5.41, 5.74) is 0. The van der Waals surface area contributed by atoms with Gasteiger partial charge in [-0.2, -0.15) is 17.2 Å². The van der Waals surface area contributed by atoms with Crippen molar-refractivity contribution in [2.45, 2.75) is 12.3 Å². The molecule has 0 aliphatic rings. The van der Waals surface area contributed by atoms with Crippen LogP contribution >= 0.6 is 0 Å². The van der Waals surface area contributed by atoms with Crippen molar-refractivity contribution in [2.75, 3.05) is 13.7 Å². The summed E-state index contributed by atoms with van der Waals surface area (Å²) in [6.45, 7) is -1.94. The highest BCUT2D eigenvalue weighted by Crippen LogP contribution is 2.23. The third-order valence-corrected chi connectivity index (χ3v) is 1.73. The Labute approximate surface area is 71.8 Å². The van der Waals surface area contributed by atoms with Gasteiger partial charge in [-0.05, 0) is 0 Å². The maximum absolute atomic E-state index is 12.0. The molecule has 9 heteroatoms. The van der Waals surface area contributed by atoms with Crippen molar-refractivity contribution in [3.8, 4) is 0 Å². The predicted octanol–water partition coefficient (Wildman–Crippen LogP) is 0.795. The topological polar surface area (TPSA) is 52.6 Å². The molecule has 0 saturated carbocycles. The second-order valence-corrected chi connectivity index (χ2v) is 3.28. The largest absolute Gasteiger partial charge is 0.399 e. The van der Waals surface area contributed by atoms with Gasteiger partial charge in [0.1, 0.15) is 6.61 Å². The molecule has 4 nitrogen and oxygen atoms in total. The summed E-state index contributed by atoms with van der Waals surface area (Å²) in [5, 5.41) is 0. The molecule has 0 N–H and O–H groups in total. The van der Waals surface area contributed by atoms with Crippen molar-refractivity contribution in [3.63, 3.8) is 0 Å². The van der Waals surface area contributed by atoms with E-state index < -0.39 is 29.4 Å². The highest BCUT2D eigenvalue weighted by molar-refractivity contribution is 7.81. The van der Waals surface area contributed by atoms with Gasteiger partial charge in [0, 0.05) is 0 Å². The molecule has 0 fully saturated rings. The van der Waals surface area contributed by atoms with E-state index in [2.05, 4.69) is 8.37 Å². The van der Waals surface area contributed by atoms with Crippen LogP contribution in [0, 0.1) is 0 Å². The fourth-order valence-corrected chi connectivity index (χ4v) is 0.660. The summed E-state index contributed by atoms with van der Waals surface area (Å²) in [6.07, 6.45) is -3.99. The average Bonchev–Trinajstić information content (AvgIpc) is 2.01. The SMILES string of the molecule is COS(=O)(=O)OCC(F)(F)C(F)F. The van der Waals surface area contributed by atoms with Gasteiger partial charge in [-0.15, -0.1) is 0 Å². The molecule has 0 saturated heterocycles. The fraction of sp³-hybridized carbons (Fsp3) is 1.00. The molecule has 0 atom stereocenters. The van der Waals surface area contributed by atoms with Gasteiger partial charge in [-0.25, -0.2) is 13.0 Å². The number of rotatable bonds is 5. The van der Waals surface area contributed by atoms with E-state index in [9.17, 15) is 26.0 Å². The first-order valence-corrected chi connectivity index (χ1v) is 4.15. The monoisotopic (exact) mass is 226 g/mol. The molecule has 0 aromatic rings. The molecule has 0 radical (unpaired) electrons. The lowest BCUT2D eigenvalue weighted by molar-refractivity contribution is -0.148. The van der Waals surface area contributed by atoms with E-state index in [-0.39, 0.29) is 0 Å². The van der Waals surface area contributed by atoms with Crippen molar-refractivity contribution in [1.29, 1.82) is 0 Å². The second kappa shape index (κ2) is 4.20. The molecule has 0 amide bonds. The molecular formula is C4H6F4O4S. The Morgan fingerprint density at radius 3 is 2.15 bits per heavy atom. The van der Waals surface area contributed by atoms with Gasteiger partial charge in [0.05, 0.1) is 7.11 Å².